The summed E-state index contributed by atoms with van der Waals surface area (Å²) in [5.74, 6) is -0.139. The number of carbonyl (C=O) groups excluding carboxylic acids is 2. The fourth-order valence-corrected chi connectivity index (χ4v) is 2.78. The van der Waals surface area contributed by atoms with Gasteiger partial charge in [-0.25, -0.2) is 9.78 Å². The van der Waals surface area contributed by atoms with Crippen LogP contribution in [-0.4, -0.2) is 53.9 Å². The van der Waals surface area contributed by atoms with Crippen molar-refractivity contribution < 1.29 is 9.59 Å². The molecule has 1 aromatic heterocycles. The number of hydrogen-bond donors (Lipinski definition) is 1. The summed E-state index contributed by atoms with van der Waals surface area (Å²) >= 11 is 1.42. The number of carbonyl (C=O) groups is 2. The molecule has 0 radical (unpaired) electrons. The highest BCUT2D eigenvalue weighted by Crippen LogP contribution is 2.14. The molecule has 0 aliphatic heterocycles. The van der Waals surface area contributed by atoms with Crippen molar-refractivity contribution >= 4 is 23.3 Å². The van der Waals surface area contributed by atoms with E-state index >= 15 is 0 Å². The predicted molar refractivity (Wildman–Crippen MR) is 93.8 cm³/mol. The van der Waals surface area contributed by atoms with Crippen molar-refractivity contribution in [1.82, 2.24) is 20.1 Å². The highest BCUT2D eigenvalue weighted by Gasteiger charge is 2.18. The Morgan fingerprint density at radius 3 is 2.52 bits per heavy atom. The van der Waals surface area contributed by atoms with Gasteiger partial charge in [-0.2, -0.15) is 0 Å². The first-order valence-corrected chi connectivity index (χ1v) is 9.06. The highest BCUT2D eigenvalue weighted by atomic mass is 32.1. The van der Waals surface area contributed by atoms with Crippen LogP contribution in [0.15, 0.2) is 5.38 Å². The first-order chi connectivity index (χ1) is 11.0. The summed E-state index contributed by atoms with van der Waals surface area (Å²) < 4.78 is 0. The Morgan fingerprint density at radius 1 is 1.22 bits per heavy atom. The fourth-order valence-electron chi connectivity index (χ4n) is 1.99. The molecule has 1 N–H and O–H groups in total. The van der Waals surface area contributed by atoms with Crippen molar-refractivity contribution in [3.05, 3.63) is 16.1 Å². The van der Waals surface area contributed by atoms with Gasteiger partial charge in [-0.3, -0.25) is 4.79 Å². The van der Waals surface area contributed by atoms with Gasteiger partial charge >= 0.3 is 6.03 Å². The van der Waals surface area contributed by atoms with Crippen LogP contribution in [0.5, 0.6) is 0 Å². The molecule has 0 atom stereocenters. The van der Waals surface area contributed by atoms with Gasteiger partial charge in [0.15, 0.2) is 0 Å². The summed E-state index contributed by atoms with van der Waals surface area (Å²) in [6.45, 7) is 6.00. The van der Waals surface area contributed by atoms with Crippen molar-refractivity contribution in [3.8, 4) is 0 Å². The number of hydrogen-bond acceptors (Lipinski definition) is 4. The number of unbranched alkanes of at least 4 members (excludes halogenated alkanes) is 2. The Bertz CT molecular complexity index is 502. The molecule has 23 heavy (non-hydrogen) atoms. The Kier molecular flexibility index (Phi) is 8.61. The number of aromatic nitrogens is 1. The molecule has 0 aromatic carbocycles. The molecule has 130 valence electrons. The minimum atomic E-state index is -0.139. The minimum absolute atomic E-state index is 0.0254. The minimum Gasteiger partial charge on any atom is -0.351 e. The molecule has 0 saturated heterocycles. The molecule has 0 saturated carbocycles. The lowest BCUT2D eigenvalue weighted by Crippen LogP contribution is -2.39. The number of thiazole rings is 1. The van der Waals surface area contributed by atoms with Crippen LogP contribution in [0, 0.1) is 0 Å². The van der Waals surface area contributed by atoms with Crippen LogP contribution < -0.4 is 5.32 Å². The lowest BCUT2D eigenvalue weighted by molar-refractivity contribution is 0.0948. The molecular formula is C16H28N4O2S. The molecule has 1 heterocycles. The molecule has 1 rings (SSSR count). The SMILES string of the molecule is CCCCNC(=O)c1csc(CN(CCCC)C(=O)N(C)C)n1. The van der Waals surface area contributed by atoms with Crippen molar-refractivity contribution in [3.63, 3.8) is 0 Å². The molecule has 0 bridgehead atoms. The molecule has 0 aliphatic carbocycles. The van der Waals surface area contributed by atoms with Gasteiger partial charge < -0.3 is 15.1 Å². The zero-order valence-corrected chi connectivity index (χ0v) is 15.4. The maximum absolute atomic E-state index is 12.2. The molecule has 6 nitrogen and oxygen atoms in total. The van der Waals surface area contributed by atoms with Crippen LogP contribution in [-0.2, 0) is 6.54 Å². The first kappa shape index (κ1) is 19.4. The molecule has 3 amide bonds. The van der Waals surface area contributed by atoms with E-state index in [1.807, 2.05) is 0 Å². The third kappa shape index (κ3) is 6.56. The molecule has 1 aromatic rings. The summed E-state index contributed by atoms with van der Waals surface area (Å²) in [4.78, 5) is 31.9. The van der Waals surface area contributed by atoms with E-state index in [9.17, 15) is 9.59 Å². The van der Waals surface area contributed by atoms with Gasteiger partial charge in [0.25, 0.3) is 5.91 Å². The Morgan fingerprint density at radius 2 is 1.91 bits per heavy atom. The maximum atomic E-state index is 12.2. The van der Waals surface area contributed by atoms with E-state index in [-0.39, 0.29) is 11.9 Å². The number of nitrogens with zero attached hydrogens (tertiary/aromatic N) is 3. The average molecular weight is 340 g/mol. The molecular weight excluding hydrogens is 312 g/mol. The lowest BCUT2D eigenvalue weighted by atomic mass is 10.3. The quantitative estimate of drug-likeness (QED) is 0.703. The van der Waals surface area contributed by atoms with E-state index in [2.05, 4.69) is 24.1 Å². The second kappa shape index (κ2) is 10.2. The van der Waals surface area contributed by atoms with Crippen molar-refractivity contribution in [2.45, 2.75) is 46.1 Å². The molecule has 0 unspecified atom stereocenters. The van der Waals surface area contributed by atoms with Crippen LogP contribution in [0.3, 0.4) is 0 Å². The zero-order valence-electron chi connectivity index (χ0n) is 14.6. The summed E-state index contributed by atoms with van der Waals surface area (Å²) in [5, 5.41) is 5.41. The summed E-state index contributed by atoms with van der Waals surface area (Å²) in [6, 6.07) is -0.0254. The molecule has 0 spiro atoms. The van der Waals surface area contributed by atoms with Gasteiger partial charge in [0.1, 0.15) is 10.7 Å². The van der Waals surface area contributed by atoms with Crippen LogP contribution in [0.4, 0.5) is 4.79 Å². The summed E-state index contributed by atoms with van der Waals surface area (Å²) in [5.41, 5.74) is 0.439. The normalized spacial score (nSPS) is 10.4. The van der Waals surface area contributed by atoms with Crippen molar-refractivity contribution in [2.75, 3.05) is 27.2 Å². The van der Waals surface area contributed by atoms with E-state index < -0.39 is 0 Å². The summed E-state index contributed by atoms with van der Waals surface area (Å²) in [6.07, 6.45) is 3.99. The standard InChI is InChI=1S/C16H28N4O2S/c1-5-7-9-17-15(21)13-12-23-14(18-13)11-20(10-8-6-2)16(22)19(3)4/h12H,5-11H2,1-4H3,(H,17,21). The smallest absolute Gasteiger partial charge is 0.319 e. The van der Waals surface area contributed by atoms with Gasteiger partial charge in [0, 0.05) is 32.6 Å². The van der Waals surface area contributed by atoms with Crippen LogP contribution in [0.2, 0.25) is 0 Å². The average Bonchev–Trinajstić information content (AvgIpc) is 2.99. The number of nitrogens with one attached hydrogen (secondary N) is 1. The molecule has 7 heteroatoms. The predicted octanol–water partition coefficient (Wildman–Crippen LogP) is 2.96. The monoisotopic (exact) mass is 340 g/mol. The van der Waals surface area contributed by atoms with Crippen molar-refractivity contribution in [1.29, 1.82) is 0 Å². The van der Waals surface area contributed by atoms with Crippen LogP contribution in [0.1, 0.15) is 55.0 Å². The number of amides is 3. The largest absolute Gasteiger partial charge is 0.351 e. The molecule has 0 fully saturated rings. The van der Waals surface area contributed by atoms with E-state index in [0.717, 1.165) is 30.7 Å². The van der Waals surface area contributed by atoms with E-state index in [1.54, 1.807) is 29.3 Å². The second-order valence-corrected chi connectivity index (χ2v) is 6.63. The van der Waals surface area contributed by atoms with Gasteiger partial charge in [0.05, 0.1) is 6.54 Å². The Labute approximate surface area is 142 Å². The van der Waals surface area contributed by atoms with Gasteiger partial charge in [-0.1, -0.05) is 26.7 Å². The van der Waals surface area contributed by atoms with E-state index in [0.29, 0.717) is 25.3 Å². The molecule has 0 aliphatic rings. The zero-order chi connectivity index (χ0) is 17.2. The fraction of sp³-hybridized carbons (Fsp3) is 0.688. The van der Waals surface area contributed by atoms with E-state index in [4.69, 9.17) is 0 Å². The van der Waals surface area contributed by atoms with Crippen LogP contribution in [0.25, 0.3) is 0 Å². The van der Waals surface area contributed by atoms with Gasteiger partial charge in [-0.05, 0) is 12.8 Å². The Balaban J connectivity index is 2.66. The third-order valence-electron chi connectivity index (χ3n) is 3.36. The number of urea groups is 1. The third-order valence-corrected chi connectivity index (χ3v) is 4.19. The summed E-state index contributed by atoms with van der Waals surface area (Å²) in [7, 11) is 3.49. The highest BCUT2D eigenvalue weighted by molar-refractivity contribution is 7.09. The van der Waals surface area contributed by atoms with E-state index in [1.165, 1.54) is 11.3 Å². The topological polar surface area (TPSA) is 65.5 Å². The van der Waals surface area contributed by atoms with Gasteiger partial charge in [0.2, 0.25) is 0 Å². The second-order valence-electron chi connectivity index (χ2n) is 5.69. The van der Waals surface area contributed by atoms with Crippen LogP contribution >= 0.6 is 11.3 Å². The van der Waals surface area contributed by atoms with Crippen molar-refractivity contribution in [2.24, 2.45) is 0 Å². The number of rotatable bonds is 9. The van der Waals surface area contributed by atoms with Gasteiger partial charge in [-0.15, -0.1) is 11.3 Å². The lowest BCUT2D eigenvalue weighted by Gasteiger charge is -2.25. The first-order valence-electron chi connectivity index (χ1n) is 8.18. The Hall–Kier alpha value is -1.63. The maximum Gasteiger partial charge on any atom is 0.319 e.